The fourth-order valence-electron chi connectivity index (χ4n) is 3.40. The first-order chi connectivity index (χ1) is 14.8. The summed E-state index contributed by atoms with van der Waals surface area (Å²) in [6.45, 7) is 2.09. The van der Waals surface area contributed by atoms with Gasteiger partial charge in [-0.25, -0.2) is 14.8 Å². The number of nitrogens with one attached hydrogen (secondary N) is 1. The van der Waals surface area contributed by atoms with Crippen molar-refractivity contribution in [1.29, 1.82) is 0 Å². The highest BCUT2D eigenvalue weighted by Gasteiger charge is 2.54. The summed E-state index contributed by atoms with van der Waals surface area (Å²) < 4.78 is 1.80. The van der Waals surface area contributed by atoms with Crippen LogP contribution in [0.1, 0.15) is 11.5 Å². The summed E-state index contributed by atoms with van der Waals surface area (Å²) in [5, 5.41) is 25.5. The van der Waals surface area contributed by atoms with Gasteiger partial charge in [0.1, 0.15) is 28.6 Å². The molecule has 14 heteroatoms. The molecule has 0 saturated carbocycles. The van der Waals surface area contributed by atoms with Crippen LogP contribution in [0.4, 0.5) is 5.13 Å². The summed E-state index contributed by atoms with van der Waals surface area (Å²) in [4.78, 5) is 46.4. The van der Waals surface area contributed by atoms with Crippen LogP contribution < -0.4 is 11.1 Å². The molecule has 4 heterocycles. The summed E-state index contributed by atoms with van der Waals surface area (Å²) in [7, 11) is 0. The molecule has 2 aromatic rings. The molecule has 0 radical (unpaired) electrons. The van der Waals surface area contributed by atoms with Crippen LogP contribution in [-0.2, 0) is 20.9 Å². The molecule has 5 N–H and O–H groups in total. The van der Waals surface area contributed by atoms with Crippen molar-refractivity contribution in [3.63, 3.8) is 0 Å². The normalized spacial score (nSPS) is 21.0. The second-order valence-corrected chi connectivity index (χ2v) is 8.73. The van der Waals surface area contributed by atoms with Crippen LogP contribution >= 0.6 is 23.1 Å². The van der Waals surface area contributed by atoms with Gasteiger partial charge in [0.25, 0.3) is 11.8 Å². The van der Waals surface area contributed by atoms with Crippen LogP contribution in [0.25, 0.3) is 0 Å². The molecule has 1 saturated heterocycles. The topological polar surface area (TPSA) is 176 Å². The third-order valence-corrected chi connectivity index (χ3v) is 6.91. The van der Waals surface area contributed by atoms with Crippen molar-refractivity contribution in [3.8, 4) is 0 Å². The number of carboxylic acids is 1. The number of aliphatic carboxylic acids is 1. The Bertz CT molecular complexity index is 1140. The average molecular weight is 464 g/mol. The Kier molecular flexibility index (Phi) is 5.41. The summed E-state index contributed by atoms with van der Waals surface area (Å²) >= 11 is 2.41. The maximum Gasteiger partial charge on any atom is 0.352 e. The lowest BCUT2D eigenvalue weighted by Crippen LogP contribution is -2.71. The SMILES string of the molecule is Cc1nccn1CC1=C(C(=O)O)N2C(=O)C(NC(=O)/C(=N\O)c3csc(N)n3)[C@H]2SC1. The zero-order valence-corrected chi connectivity index (χ0v) is 17.7. The highest BCUT2D eigenvalue weighted by molar-refractivity contribution is 8.00. The number of oxime groups is 1. The number of β-lactam (4-membered cyclic amide) rings is 1. The number of carbonyl (C=O) groups is 3. The number of nitrogens with zero attached hydrogens (tertiary/aromatic N) is 5. The van der Waals surface area contributed by atoms with Crippen LogP contribution in [0.5, 0.6) is 0 Å². The predicted octanol–water partition coefficient (Wildman–Crippen LogP) is -0.153. The zero-order chi connectivity index (χ0) is 22.3. The maximum atomic E-state index is 12.8. The van der Waals surface area contributed by atoms with E-state index in [-0.39, 0.29) is 22.2 Å². The minimum absolute atomic E-state index is 0.0755. The van der Waals surface area contributed by atoms with Crippen LogP contribution in [0.3, 0.4) is 0 Å². The average Bonchev–Trinajstić information content (AvgIpc) is 3.34. The van der Waals surface area contributed by atoms with Crippen LogP contribution in [0, 0.1) is 6.92 Å². The van der Waals surface area contributed by atoms with E-state index in [1.54, 1.807) is 23.9 Å². The van der Waals surface area contributed by atoms with Gasteiger partial charge in [0, 0.05) is 30.1 Å². The number of hydrogen-bond donors (Lipinski definition) is 4. The van der Waals surface area contributed by atoms with Gasteiger partial charge in [-0.3, -0.25) is 14.5 Å². The van der Waals surface area contributed by atoms with Crippen LogP contribution in [-0.4, -0.2) is 70.4 Å². The number of rotatable bonds is 6. The van der Waals surface area contributed by atoms with Gasteiger partial charge in [-0.1, -0.05) is 5.16 Å². The van der Waals surface area contributed by atoms with Crippen molar-refractivity contribution in [2.24, 2.45) is 5.16 Å². The monoisotopic (exact) mass is 463 g/mol. The fourth-order valence-corrected chi connectivity index (χ4v) is 5.28. The first-order valence-electron chi connectivity index (χ1n) is 8.93. The van der Waals surface area contributed by atoms with Crippen molar-refractivity contribution < 1.29 is 24.7 Å². The van der Waals surface area contributed by atoms with Crippen LogP contribution in [0.15, 0.2) is 34.2 Å². The third kappa shape index (κ3) is 3.63. The fraction of sp³-hybridized carbons (Fsp3) is 0.294. The Morgan fingerprint density at radius 1 is 1.45 bits per heavy atom. The summed E-state index contributed by atoms with van der Waals surface area (Å²) in [6.07, 6.45) is 3.35. The van der Waals surface area contributed by atoms with E-state index < -0.39 is 29.2 Å². The van der Waals surface area contributed by atoms with Gasteiger partial charge >= 0.3 is 5.97 Å². The van der Waals surface area contributed by atoms with E-state index in [0.717, 1.165) is 17.2 Å². The van der Waals surface area contributed by atoms with E-state index in [9.17, 15) is 24.7 Å². The van der Waals surface area contributed by atoms with E-state index in [1.165, 1.54) is 22.0 Å². The number of hydrogen-bond acceptors (Lipinski definition) is 10. The zero-order valence-electron chi connectivity index (χ0n) is 16.1. The van der Waals surface area contributed by atoms with Crippen molar-refractivity contribution >= 4 is 51.7 Å². The molecule has 162 valence electrons. The molecule has 0 aliphatic carbocycles. The number of nitrogen functional groups attached to an aromatic ring is 1. The third-order valence-electron chi connectivity index (χ3n) is 4.90. The molecule has 1 fully saturated rings. The van der Waals surface area contributed by atoms with Gasteiger partial charge in [-0.05, 0) is 12.5 Å². The van der Waals surface area contributed by atoms with E-state index in [0.29, 0.717) is 17.9 Å². The van der Waals surface area contributed by atoms with Crippen molar-refractivity contribution in [3.05, 3.63) is 40.6 Å². The van der Waals surface area contributed by atoms with E-state index in [2.05, 4.69) is 20.4 Å². The Morgan fingerprint density at radius 3 is 2.81 bits per heavy atom. The Morgan fingerprint density at radius 2 is 2.23 bits per heavy atom. The van der Waals surface area contributed by atoms with E-state index in [1.807, 2.05) is 0 Å². The largest absolute Gasteiger partial charge is 0.477 e. The number of aromatic nitrogens is 3. The van der Waals surface area contributed by atoms with Gasteiger partial charge in [0.15, 0.2) is 10.8 Å². The highest BCUT2D eigenvalue weighted by Crippen LogP contribution is 2.40. The molecule has 2 aromatic heterocycles. The molecular formula is C17H17N7O5S2. The number of thioether (sulfide) groups is 1. The maximum absolute atomic E-state index is 12.8. The number of aryl methyl sites for hydroxylation is 1. The minimum Gasteiger partial charge on any atom is -0.477 e. The number of anilines is 1. The quantitative estimate of drug-likeness (QED) is 0.196. The lowest BCUT2D eigenvalue weighted by atomic mass is 10.0. The number of amides is 2. The van der Waals surface area contributed by atoms with Crippen molar-refractivity contribution in [2.75, 3.05) is 11.5 Å². The lowest BCUT2D eigenvalue weighted by molar-refractivity contribution is -0.150. The summed E-state index contributed by atoms with van der Waals surface area (Å²) in [5.41, 5.74) is 5.72. The van der Waals surface area contributed by atoms with Crippen molar-refractivity contribution in [1.82, 2.24) is 24.8 Å². The smallest absolute Gasteiger partial charge is 0.352 e. The number of carboxylic acid groups (broad SMARTS) is 1. The highest BCUT2D eigenvalue weighted by atomic mass is 32.2. The molecule has 0 bridgehead atoms. The predicted molar refractivity (Wildman–Crippen MR) is 111 cm³/mol. The summed E-state index contributed by atoms with van der Waals surface area (Å²) in [5.74, 6) is -1.50. The van der Waals surface area contributed by atoms with E-state index in [4.69, 9.17) is 5.73 Å². The first-order valence-corrected chi connectivity index (χ1v) is 10.9. The Balaban J connectivity index is 1.53. The standard InChI is InChI=1S/C17H17N7O5S2/c1-7-19-2-3-23(7)4-8-5-30-15-11(14(26)24(15)12(8)16(27)28)21-13(25)10(22-29)9-6-31-17(18)20-9/h2-3,6,11,15,29H,4-5H2,1H3,(H2,18,20)(H,21,25)(H,27,28)/b22-10-/t11?,15-/m1/s1. The number of fused-ring (bicyclic) bond motifs is 1. The molecule has 31 heavy (non-hydrogen) atoms. The van der Waals surface area contributed by atoms with E-state index >= 15 is 0 Å². The van der Waals surface area contributed by atoms with Crippen LogP contribution in [0.2, 0.25) is 0 Å². The molecule has 2 atom stereocenters. The molecule has 2 aliphatic heterocycles. The molecule has 2 amide bonds. The van der Waals surface area contributed by atoms with Gasteiger partial charge in [-0.2, -0.15) is 0 Å². The number of thiazole rings is 1. The molecule has 2 aliphatic rings. The number of imidazole rings is 1. The summed E-state index contributed by atoms with van der Waals surface area (Å²) in [6, 6.07) is -0.962. The number of carbonyl (C=O) groups excluding carboxylic acids is 2. The molecule has 0 spiro atoms. The Hall–Kier alpha value is -3.39. The second kappa shape index (κ2) is 8.03. The molecule has 0 aromatic carbocycles. The number of nitrogens with two attached hydrogens (primary N) is 1. The first kappa shape index (κ1) is 20.9. The molecule has 4 rings (SSSR count). The second-order valence-electron chi connectivity index (χ2n) is 6.74. The van der Waals surface area contributed by atoms with Gasteiger partial charge < -0.3 is 25.9 Å². The van der Waals surface area contributed by atoms with Gasteiger partial charge in [0.2, 0.25) is 0 Å². The van der Waals surface area contributed by atoms with Gasteiger partial charge in [-0.15, -0.1) is 23.1 Å². The van der Waals surface area contributed by atoms with Gasteiger partial charge in [0.05, 0.1) is 0 Å². The lowest BCUT2D eigenvalue weighted by Gasteiger charge is -2.49. The minimum atomic E-state index is -1.22. The molecule has 12 nitrogen and oxygen atoms in total. The Labute approximate surface area is 183 Å². The molecule has 1 unspecified atom stereocenters. The van der Waals surface area contributed by atoms with Crippen molar-refractivity contribution in [2.45, 2.75) is 24.9 Å². The molecular weight excluding hydrogens is 446 g/mol.